The standard InChI is InChI=1S/C16H17FN2O3/c17-11-4-2-1-3-10(11)9-16(7-8-16)15(22)18-12-5-6-13(20)19-14(12)21/h1-4,12H,5-9H2,(H,18,22)(H,19,20,21). The maximum absolute atomic E-state index is 13.7. The number of amides is 3. The molecule has 3 amide bonds. The minimum absolute atomic E-state index is 0.219. The first-order chi connectivity index (χ1) is 10.5. The van der Waals surface area contributed by atoms with Crippen molar-refractivity contribution < 1.29 is 18.8 Å². The topological polar surface area (TPSA) is 75.3 Å². The van der Waals surface area contributed by atoms with E-state index in [2.05, 4.69) is 10.6 Å². The Balaban J connectivity index is 1.66. The molecule has 1 unspecified atom stereocenters. The summed E-state index contributed by atoms with van der Waals surface area (Å²) in [7, 11) is 0. The predicted molar refractivity (Wildman–Crippen MR) is 76.1 cm³/mol. The second kappa shape index (κ2) is 5.51. The third kappa shape index (κ3) is 2.86. The second-order valence-corrected chi connectivity index (χ2v) is 6.03. The number of halogens is 1. The molecule has 0 aromatic heterocycles. The lowest BCUT2D eigenvalue weighted by atomic mass is 9.94. The van der Waals surface area contributed by atoms with Crippen LogP contribution in [0.25, 0.3) is 0 Å². The Morgan fingerprint density at radius 2 is 2.05 bits per heavy atom. The van der Waals surface area contributed by atoms with Crippen molar-refractivity contribution in [2.45, 2.75) is 38.1 Å². The van der Waals surface area contributed by atoms with Crippen LogP contribution in [0, 0.1) is 11.2 Å². The van der Waals surface area contributed by atoms with Gasteiger partial charge in [-0.05, 0) is 37.3 Å². The van der Waals surface area contributed by atoms with Crippen LogP contribution >= 0.6 is 0 Å². The number of nitrogens with one attached hydrogen (secondary N) is 2. The fraction of sp³-hybridized carbons (Fsp3) is 0.438. The van der Waals surface area contributed by atoms with Gasteiger partial charge in [-0.25, -0.2) is 4.39 Å². The molecule has 0 radical (unpaired) electrons. The van der Waals surface area contributed by atoms with Gasteiger partial charge in [-0.1, -0.05) is 18.2 Å². The Labute approximate surface area is 127 Å². The summed E-state index contributed by atoms with van der Waals surface area (Å²) in [4.78, 5) is 35.2. The summed E-state index contributed by atoms with van der Waals surface area (Å²) in [5.74, 6) is -1.33. The Morgan fingerprint density at radius 1 is 1.32 bits per heavy atom. The van der Waals surface area contributed by atoms with Gasteiger partial charge in [0.25, 0.3) is 0 Å². The Kier molecular flexibility index (Phi) is 3.68. The van der Waals surface area contributed by atoms with Crippen molar-refractivity contribution in [3.63, 3.8) is 0 Å². The summed E-state index contributed by atoms with van der Waals surface area (Å²) >= 11 is 0. The van der Waals surface area contributed by atoms with E-state index in [0.29, 0.717) is 31.2 Å². The van der Waals surface area contributed by atoms with Gasteiger partial charge in [0.1, 0.15) is 11.9 Å². The maximum atomic E-state index is 13.7. The molecule has 1 aliphatic carbocycles. The SMILES string of the molecule is O=C1CCC(NC(=O)C2(Cc3ccccc3F)CC2)C(=O)N1. The van der Waals surface area contributed by atoms with Crippen molar-refractivity contribution in [1.29, 1.82) is 0 Å². The number of piperidine rings is 1. The number of hydrogen-bond donors (Lipinski definition) is 2. The molecular formula is C16H17FN2O3. The van der Waals surface area contributed by atoms with E-state index >= 15 is 0 Å². The van der Waals surface area contributed by atoms with Crippen molar-refractivity contribution in [2.24, 2.45) is 5.41 Å². The van der Waals surface area contributed by atoms with Crippen molar-refractivity contribution in [3.05, 3.63) is 35.6 Å². The van der Waals surface area contributed by atoms with E-state index < -0.39 is 17.4 Å². The predicted octanol–water partition coefficient (Wildman–Crippen LogP) is 1.07. The van der Waals surface area contributed by atoms with E-state index in [1.54, 1.807) is 18.2 Å². The largest absolute Gasteiger partial charge is 0.344 e. The molecule has 22 heavy (non-hydrogen) atoms. The fourth-order valence-corrected chi connectivity index (χ4v) is 2.78. The zero-order valence-corrected chi connectivity index (χ0v) is 12.0. The smallest absolute Gasteiger partial charge is 0.249 e. The van der Waals surface area contributed by atoms with Crippen molar-refractivity contribution in [2.75, 3.05) is 0 Å². The molecule has 1 atom stereocenters. The van der Waals surface area contributed by atoms with Gasteiger partial charge in [0.05, 0.1) is 5.41 Å². The molecule has 1 saturated heterocycles. The average molecular weight is 304 g/mol. The number of benzene rings is 1. The summed E-state index contributed by atoms with van der Waals surface area (Å²) in [5, 5.41) is 4.92. The highest BCUT2D eigenvalue weighted by Crippen LogP contribution is 2.49. The highest BCUT2D eigenvalue weighted by molar-refractivity contribution is 6.02. The number of imide groups is 1. The van der Waals surface area contributed by atoms with Crippen LogP contribution in [-0.4, -0.2) is 23.8 Å². The molecule has 1 aliphatic heterocycles. The number of hydrogen-bond acceptors (Lipinski definition) is 3. The van der Waals surface area contributed by atoms with Crippen LogP contribution in [0.1, 0.15) is 31.2 Å². The molecular weight excluding hydrogens is 287 g/mol. The van der Waals surface area contributed by atoms with Gasteiger partial charge in [-0.3, -0.25) is 19.7 Å². The molecule has 6 heteroatoms. The van der Waals surface area contributed by atoms with Gasteiger partial charge >= 0.3 is 0 Å². The van der Waals surface area contributed by atoms with Crippen LogP contribution in [0.15, 0.2) is 24.3 Å². The van der Waals surface area contributed by atoms with E-state index in [0.717, 1.165) is 0 Å². The zero-order valence-electron chi connectivity index (χ0n) is 12.0. The van der Waals surface area contributed by atoms with Crippen LogP contribution < -0.4 is 10.6 Å². The maximum Gasteiger partial charge on any atom is 0.249 e. The highest BCUT2D eigenvalue weighted by atomic mass is 19.1. The first-order valence-corrected chi connectivity index (χ1v) is 7.38. The first kappa shape index (κ1) is 14.7. The number of rotatable bonds is 4. The molecule has 3 rings (SSSR count). The molecule has 1 saturated carbocycles. The molecule has 0 spiro atoms. The van der Waals surface area contributed by atoms with Crippen LogP contribution in [0.4, 0.5) is 4.39 Å². The first-order valence-electron chi connectivity index (χ1n) is 7.38. The van der Waals surface area contributed by atoms with E-state index in [4.69, 9.17) is 0 Å². The van der Waals surface area contributed by atoms with Gasteiger partial charge in [-0.15, -0.1) is 0 Å². The van der Waals surface area contributed by atoms with Crippen LogP contribution in [-0.2, 0) is 20.8 Å². The van der Waals surface area contributed by atoms with E-state index in [-0.39, 0.29) is 24.1 Å². The normalized spacial score (nSPS) is 22.9. The zero-order chi connectivity index (χ0) is 15.7. The van der Waals surface area contributed by atoms with E-state index in [1.807, 2.05) is 0 Å². The molecule has 1 aromatic carbocycles. The Hall–Kier alpha value is -2.24. The lowest BCUT2D eigenvalue weighted by molar-refractivity contribution is -0.138. The molecule has 116 valence electrons. The monoisotopic (exact) mass is 304 g/mol. The third-order valence-electron chi connectivity index (χ3n) is 4.37. The van der Waals surface area contributed by atoms with E-state index in [1.165, 1.54) is 6.07 Å². The Bertz CT molecular complexity index is 640. The summed E-state index contributed by atoms with van der Waals surface area (Å²) in [6, 6.07) is 5.73. The minimum atomic E-state index is -0.678. The highest BCUT2D eigenvalue weighted by Gasteiger charge is 2.50. The summed E-state index contributed by atoms with van der Waals surface area (Å²) < 4.78 is 13.7. The van der Waals surface area contributed by atoms with Crippen LogP contribution in [0.5, 0.6) is 0 Å². The summed E-state index contributed by atoms with van der Waals surface area (Å²) in [5.41, 5.74) is -0.109. The third-order valence-corrected chi connectivity index (χ3v) is 4.37. The molecule has 1 aromatic rings. The van der Waals surface area contributed by atoms with Crippen molar-refractivity contribution in [1.82, 2.24) is 10.6 Å². The van der Waals surface area contributed by atoms with Crippen LogP contribution in [0.2, 0.25) is 0 Å². The van der Waals surface area contributed by atoms with Crippen molar-refractivity contribution in [3.8, 4) is 0 Å². The minimum Gasteiger partial charge on any atom is -0.344 e. The average Bonchev–Trinajstić information content (AvgIpc) is 3.25. The Morgan fingerprint density at radius 3 is 2.68 bits per heavy atom. The molecule has 0 bridgehead atoms. The number of carbonyl (C=O) groups is 3. The van der Waals surface area contributed by atoms with Gasteiger partial charge in [0.15, 0.2) is 0 Å². The lowest BCUT2D eigenvalue weighted by Crippen LogP contribution is -2.53. The lowest BCUT2D eigenvalue weighted by Gasteiger charge is -2.24. The summed E-state index contributed by atoms with van der Waals surface area (Å²) in [6.45, 7) is 0. The van der Waals surface area contributed by atoms with Gasteiger partial charge in [0.2, 0.25) is 17.7 Å². The second-order valence-electron chi connectivity index (χ2n) is 6.03. The quantitative estimate of drug-likeness (QED) is 0.817. The fourth-order valence-electron chi connectivity index (χ4n) is 2.78. The van der Waals surface area contributed by atoms with Crippen LogP contribution in [0.3, 0.4) is 0 Å². The molecule has 1 heterocycles. The molecule has 2 fully saturated rings. The van der Waals surface area contributed by atoms with Gasteiger partial charge < -0.3 is 5.32 Å². The van der Waals surface area contributed by atoms with Crippen molar-refractivity contribution >= 4 is 17.7 Å². The molecule has 2 N–H and O–H groups in total. The summed E-state index contributed by atoms with van der Waals surface area (Å²) in [6.07, 6.45) is 2.23. The molecule has 2 aliphatic rings. The number of carbonyl (C=O) groups excluding carboxylic acids is 3. The molecule has 5 nitrogen and oxygen atoms in total. The van der Waals surface area contributed by atoms with Gasteiger partial charge in [-0.2, -0.15) is 0 Å². The van der Waals surface area contributed by atoms with Gasteiger partial charge in [0, 0.05) is 6.42 Å². The van der Waals surface area contributed by atoms with E-state index in [9.17, 15) is 18.8 Å².